The zero-order valence-electron chi connectivity index (χ0n) is 18.0. The zero-order chi connectivity index (χ0) is 23.3. The highest BCUT2D eigenvalue weighted by molar-refractivity contribution is 7.89. The average Bonchev–Trinajstić information content (AvgIpc) is 3.36. The van der Waals surface area contributed by atoms with Gasteiger partial charge in [0, 0.05) is 51.7 Å². The number of nitrogens with one attached hydrogen (secondary N) is 1. The van der Waals surface area contributed by atoms with E-state index in [1.165, 1.54) is 28.6 Å². The highest BCUT2D eigenvalue weighted by Gasteiger charge is 2.30. The molecule has 0 radical (unpaired) electrons. The number of hydrogen-bond donors (Lipinski definition) is 1. The van der Waals surface area contributed by atoms with Crippen LogP contribution in [0.1, 0.15) is 16.7 Å². The van der Waals surface area contributed by atoms with Crippen LogP contribution in [-0.2, 0) is 23.1 Å². The Hall–Kier alpha value is -3.68. The maximum absolute atomic E-state index is 12.8. The predicted octanol–water partition coefficient (Wildman–Crippen LogP) is 2.02. The summed E-state index contributed by atoms with van der Waals surface area (Å²) in [5.74, 6) is 0. The largest absolute Gasteiger partial charge is 0.334 e. The number of rotatable bonds is 6. The van der Waals surface area contributed by atoms with Gasteiger partial charge in [-0.1, -0.05) is 24.3 Å². The number of nitriles is 1. The van der Waals surface area contributed by atoms with E-state index >= 15 is 0 Å². The molecular weight excluding hydrogens is 440 g/mol. The van der Waals surface area contributed by atoms with Crippen molar-refractivity contribution >= 4 is 16.1 Å². The van der Waals surface area contributed by atoms with Crippen LogP contribution in [0, 0.1) is 11.3 Å². The van der Waals surface area contributed by atoms with Crippen molar-refractivity contribution in [2.75, 3.05) is 26.2 Å². The van der Waals surface area contributed by atoms with Crippen LogP contribution < -0.4 is 5.32 Å². The fraction of sp³-hybridized carbons (Fsp3) is 0.261. The molecule has 0 saturated carbocycles. The van der Waals surface area contributed by atoms with Crippen LogP contribution in [0.4, 0.5) is 4.79 Å². The summed E-state index contributed by atoms with van der Waals surface area (Å²) in [7, 11) is -3.66. The molecule has 33 heavy (non-hydrogen) atoms. The number of carbonyl (C=O) groups is 1. The van der Waals surface area contributed by atoms with Gasteiger partial charge in [-0.15, -0.1) is 0 Å². The van der Waals surface area contributed by atoms with Crippen molar-refractivity contribution in [2.45, 2.75) is 18.0 Å². The highest BCUT2D eigenvalue weighted by Crippen LogP contribution is 2.18. The van der Waals surface area contributed by atoms with Gasteiger partial charge in [-0.2, -0.15) is 9.57 Å². The maximum Gasteiger partial charge on any atom is 0.317 e. The number of imidazole rings is 1. The summed E-state index contributed by atoms with van der Waals surface area (Å²) in [5.41, 5.74) is 2.51. The Bertz CT molecular complexity index is 1240. The minimum absolute atomic E-state index is 0.148. The molecule has 0 bridgehead atoms. The van der Waals surface area contributed by atoms with E-state index in [0.717, 1.165) is 11.1 Å². The van der Waals surface area contributed by atoms with Gasteiger partial charge in [0.05, 0.1) is 22.9 Å². The topological polar surface area (TPSA) is 111 Å². The quantitative estimate of drug-likeness (QED) is 0.600. The first-order chi connectivity index (χ1) is 16.0. The average molecular weight is 465 g/mol. The van der Waals surface area contributed by atoms with Gasteiger partial charge < -0.3 is 14.8 Å². The summed E-state index contributed by atoms with van der Waals surface area (Å²) < 4.78 is 29.0. The van der Waals surface area contributed by atoms with Crippen LogP contribution >= 0.6 is 0 Å². The molecule has 0 unspecified atom stereocenters. The molecule has 10 heteroatoms. The molecule has 2 aromatic carbocycles. The molecule has 4 rings (SSSR count). The molecule has 3 aromatic rings. The molecule has 0 atom stereocenters. The van der Waals surface area contributed by atoms with Gasteiger partial charge in [0.1, 0.15) is 0 Å². The van der Waals surface area contributed by atoms with E-state index in [-0.39, 0.29) is 24.0 Å². The number of urea groups is 1. The van der Waals surface area contributed by atoms with Crippen LogP contribution in [0.5, 0.6) is 0 Å². The van der Waals surface area contributed by atoms with Crippen molar-refractivity contribution in [2.24, 2.45) is 0 Å². The first-order valence-electron chi connectivity index (χ1n) is 10.5. The standard InChI is InChI=1S/C23H24N6O3S/c24-15-19-4-6-22(7-5-19)33(31,32)29-12-10-28(11-13-29)23(30)26-16-20-2-1-3-21(14-20)17-27-9-8-25-18-27/h1-9,14,18H,10-13,16-17H2,(H,26,30). The Morgan fingerprint density at radius 1 is 1.06 bits per heavy atom. The van der Waals surface area contributed by atoms with E-state index < -0.39 is 10.0 Å². The first-order valence-corrected chi connectivity index (χ1v) is 12.0. The number of piperazine rings is 1. The molecule has 170 valence electrons. The lowest BCUT2D eigenvalue weighted by molar-refractivity contribution is 0.172. The van der Waals surface area contributed by atoms with Gasteiger partial charge in [0.15, 0.2) is 0 Å². The van der Waals surface area contributed by atoms with E-state index in [4.69, 9.17) is 5.26 Å². The highest BCUT2D eigenvalue weighted by atomic mass is 32.2. The summed E-state index contributed by atoms with van der Waals surface area (Å²) >= 11 is 0. The van der Waals surface area contributed by atoms with Crippen molar-refractivity contribution in [3.63, 3.8) is 0 Å². The molecular formula is C23H24N6O3S. The van der Waals surface area contributed by atoms with Crippen molar-refractivity contribution in [1.82, 2.24) is 24.1 Å². The van der Waals surface area contributed by atoms with Crippen molar-refractivity contribution in [1.29, 1.82) is 5.26 Å². The lowest BCUT2D eigenvalue weighted by Crippen LogP contribution is -2.52. The van der Waals surface area contributed by atoms with E-state index in [9.17, 15) is 13.2 Å². The van der Waals surface area contributed by atoms with Crippen LogP contribution in [0.2, 0.25) is 0 Å². The fourth-order valence-electron chi connectivity index (χ4n) is 3.70. The minimum Gasteiger partial charge on any atom is -0.334 e. The molecule has 1 aliphatic heterocycles. The Kier molecular flexibility index (Phi) is 6.72. The number of benzene rings is 2. The Balaban J connectivity index is 1.29. The number of carbonyl (C=O) groups excluding carboxylic acids is 1. The Morgan fingerprint density at radius 3 is 2.45 bits per heavy atom. The second-order valence-electron chi connectivity index (χ2n) is 7.74. The molecule has 9 nitrogen and oxygen atoms in total. The molecule has 0 spiro atoms. The molecule has 1 fully saturated rings. The van der Waals surface area contributed by atoms with Crippen LogP contribution in [-0.4, -0.2) is 59.4 Å². The summed E-state index contributed by atoms with van der Waals surface area (Å²) in [6.45, 7) is 2.15. The number of nitrogens with zero attached hydrogens (tertiary/aromatic N) is 5. The third-order valence-electron chi connectivity index (χ3n) is 5.51. The maximum atomic E-state index is 12.8. The van der Waals surface area contributed by atoms with E-state index in [0.29, 0.717) is 31.7 Å². The van der Waals surface area contributed by atoms with Crippen molar-refractivity contribution in [3.05, 3.63) is 83.9 Å². The van der Waals surface area contributed by atoms with Crippen LogP contribution in [0.25, 0.3) is 0 Å². The third-order valence-corrected chi connectivity index (χ3v) is 7.42. The summed E-state index contributed by atoms with van der Waals surface area (Å²) in [6.07, 6.45) is 5.39. The molecule has 0 aliphatic carbocycles. The Morgan fingerprint density at radius 2 is 1.79 bits per heavy atom. The number of hydrogen-bond acceptors (Lipinski definition) is 5. The van der Waals surface area contributed by atoms with Crippen LogP contribution in [0.3, 0.4) is 0 Å². The molecule has 2 heterocycles. The molecule has 1 N–H and O–H groups in total. The number of sulfonamides is 1. The SMILES string of the molecule is N#Cc1ccc(S(=O)(=O)N2CCN(C(=O)NCc3cccc(Cn4ccnc4)c3)CC2)cc1. The lowest BCUT2D eigenvalue weighted by atomic mass is 10.1. The number of aromatic nitrogens is 2. The molecule has 1 saturated heterocycles. The summed E-state index contributed by atoms with van der Waals surface area (Å²) in [6, 6.07) is 15.6. The van der Waals surface area contributed by atoms with E-state index in [2.05, 4.69) is 10.3 Å². The van der Waals surface area contributed by atoms with Crippen molar-refractivity contribution < 1.29 is 13.2 Å². The fourth-order valence-corrected chi connectivity index (χ4v) is 5.12. The smallest absolute Gasteiger partial charge is 0.317 e. The van der Waals surface area contributed by atoms with Gasteiger partial charge >= 0.3 is 6.03 Å². The van der Waals surface area contributed by atoms with E-state index in [1.54, 1.807) is 17.4 Å². The summed E-state index contributed by atoms with van der Waals surface area (Å²) in [4.78, 5) is 18.4. The first kappa shape index (κ1) is 22.5. The van der Waals surface area contributed by atoms with Gasteiger partial charge in [0.25, 0.3) is 0 Å². The van der Waals surface area contributed by atoms with Gasteiger partial charge in [-0.3, -0.25) is 0 Å². The van der Waals surface area contributed by atoms with Gasteiger partial charge in [-0.25, -0.2) is 18.2 Å². The molecule has 2 amide bonds. The predicted molar refractivity (Wildman–Crippen MR) is 121 cm³/mol. The second-order valence-corrected chi connectivity index (χ2v) is 9.68. The third kappa shape index (κ3) is 5.39. The van der Waals surface area contributed by atoms with E-state index in [1.807, 2.05) is 41.1 Å². The second kappa shape index (κ2) is 9.85. The van der Waals surface area contributed by atoms with Gasteiger partial charge in [-0.05, 0) is 35.4 Å². The van der Waals surface area contributed by atoms with Gasteiger partial charge in [0.2, 0.25) is 10.0 Å². The monoisotopic (exact) mass is 464 g/mol. The molecule has 1 aliphatic rings. The summed E-state index contributed by atoms with van der Waals surface area (Å²) in [5, 5.41) is 11.8. The van der Waals surface area contributed by atoms with Crippen LogP contribution in [0.15, 0.2) is 72.1 Å². The molecule has 1 aromatic heterocycles. The normalized spacial score (nSPS) is 14.6. The number of amides is 2. The Labute approximate surface area is 192 Å². The lowest BCUT2D eigenvalue weighted by Gasteiger charge is -2.34. The minimum atomic E-state index is -3.66. The zero-order valence-corrected chi connectivity index (χ0v) is 18.8. The van der Waals surface area contributed by atoms with Crippen molar-refractivity contribution in [3.8, 4) is 6.07 Å².